The molecule has 0 saturated heterocycles. The molecule has 3 heteroatoms. The van der Waals surface area contributed by atoms with Crippen molar-refractivity contribution in [1.82, 2.24) is 5.32 Å². The van der Waals surface area contributed by atoms with Gasteiger partial charge in [0.25, 0.3) is 0 Å². The monoisotopic (exact) mass is 289 g/mol. The van der Waals surface area contributed by atoms with E-state index < -0.39 is 0 Å². The van der Waals surface area contributed by atoms with E-state index in [1.54, 1.807) is 7.11 Å². The second-order valence-electron chi connectivity index (χ2n) is 4.87. The van der Waals surface area contributed by atoms with E-state index in [4.69, 9.17) is 16.3 Å². The summed E-state index contributed by atoms with van der Waals surface area (Å²) in [6, 6.07) is 16.6. The summed E-state index contributed by atoms with van der Waals surface area (Å²) in [6.45, 7) is 3.60. The van der Waals surface area contributed by atoms with Crippen LogP contribution in [0.1, 0.15) is 29.7 Å². The Balaban J connectivity index is 1.93. The van der Waals surface area contributed by atoms with Gasteiger partial charge in [-0.25, -0.2) is 0 Å². The van der Waals surface area contributed by atoms with Crippen LogP contribution in [0, 0.1) is 0 Å². The van der Waals surface area contributed by atoms with E-state index in [1.165, 1.54) is 11.1 Å². The molecule has 0 amide bonds. The smallest absolute Gasteiger partial charge is 0.0713 e. The highest BCUT2D eigenvalue weighted by Crippen LogP contribution is 2.22. The molecule has 2 rings (SSSR count). The summed E-state index contributed by atoms with van der Waals surface area (Å²) in [7, 11) is 1.71. The Morgan fingerprint density at radius 2 is 1.70 bits per heavy atom. The van der Waals surface area contributed by atoms with Crippen LogP contribution in [0.3, 0.4) is 0 Å². The molecule has 0 aliphatic rings. The first kappa shape index (κ1) is 15.0. The van der Waals surface area contributed by atoms with Gasteiger partial charge in [-0.3, -0.25) is 0 Å². The molecule has 1 unspecified atom stereocenters. The van der Waals surface area contributed by atoms with Crippen LogP contribution >= 0.6 is 11.6 Å². The van der Waals surface area contributed by atoms with Crippen molar-refractivity contribution in [3.63, 3.8) is 0 Å². The van der Waals surface area contributed by atoms with Gasteiger partial charge in [-0.2, -0.15) is 0 Å². The predicted molar refractivity (Wildman–Crippen MR) is 83.9 cm³/mol. The normalized spacial score (nSPS) is 12.3. The lowest BCUT2D eigenvalue weighted by atomic mass is 10.1. The number of rotatable bonds is 6. The second-order valence-corrected chi connectivity index (χ2v) is 5.28. The second kappa shape index (κ2) is 7.44. The van der Waals surface area contributed by atoms with Gasteiger partial charge >= 0.3 is 0 Å². The lowest BCUT2D eigenvalue weighted by molar-refractivity contribution is 0.185. The molecule has 0 radical (unpaired) electrons. The summed E-state index contributed by atoms with van der Waals surface area (Å²) in [5.74, 6) is 0. The first-order valence-electron chi connectivity index (χ1n) is 6.75. The van der Waals surface area contributed by atoms with Gasteiger partial charge in [0.1, 0.15) is 0 Å². The molecule has 0 aromatic heterocycles. The minimum absolute atomic E-state index is 0.224. The third-order valence-electron chi connectivity index (χ3n) is 3.32. The van der Waals surface area contributed by atoms with E-state index in [0.29, 0.717) is 6.61 Å². The zero-order chi connectivity index (χ0) is 14.4. The summed E-state index contributed by atoms with van der Waals surface area (Å²) >= 11 is 6.20. The molecule has 2 aromatic carbocycles. The van der Waals surface area contributed by atoms with Crippen LogP contribution < -0.4 is 5.32 Å². The molecule has 2 aromatic rings. The Hall–Kier alpha value is -1.35. The number of methoxy groups -OCH3 is 1. The largest absolute Gasteiger partial charge is 0.380 e. The summed E-state index contributed by atoms with van der Waals surface area (Å²) < 4.78 is 5.11. The third-order valence-corrected chi connectivity index (χ3v) is 3.66. The van der Waals surface area contributed by atoms with Crippen LogP contribution in [0.5, 0.6) is 0 Å². The summed E-state index contributed by atoms with van der Waals surface area (Å²) in [5.41, 5.74) is 3.57. The average molecular weight is 290 g/mol. The van der Waals surface area contributed by atoms with Crippen LogP contribution in [0.4, 0.5) is 0 Å². The fraction of sp³-hybridized carbons (Fsp3) is 0.294. The Kier molecular flexibility index (Phi) is 5.60. The van der Waals surface area contributed by atoms with E-state index >= 15 is 0 Å². The number of benzene rings is 2. The van der Waals surface area contributed by atoms with Crippen molar-refractivity contribution in [1.29, 1.82) is 0 Å². The highest BCUT2D eigenvalue weighted by Gasteiger charge is 2.08. The van der Waals surface area contributed by atoms with Crippen LogP contribution in [0.15, 0.2) is 48.5 Å². The molecular weight excluding hydrogens is 270 g/mol. The van der Waals surface area contributed by atoms with Crippen molar-refractivity contribution >= 4 is 11.6 Å². The van der Waals surface area contributed by atoms with Crippen molar-refractivity contribution in [3.8, 4) is 0 Å². The minimum atomic E-state index is 0.224. The Morgan fingerprint density at radius 1 is 1.05 bits per heavy atom. The standard InChI is InChI=1S/C17H20ClNO/c1-13(16-5-3-4-6-17(16)18)19-11-14-7-9-15(10-8-14)12-20-2/h3-10,13,19H,11-12H2,1-2H3. The average Bonchev–Trinajstić information content (AvgIpc) is 2.47. The molecule has 0 spiro atoms. The minimum Gasteiger partial charge on any atom is -0.380 e. The number of hydrogen-bond acceptors (Lipinski definition) is 2. The summed E-state index contributed by atoms with van der Waals surface area (Å²) in [5, 5.41) is 4.30. The van der Waals surface area contributed by atoms with E-state index in [1.807, 2.05) is 18.2 Å². The van der Waals surface area contributed by atoms with Gasteiger partial charge in [0.05, 0.1) is 6.61 Å². The lowest BCUT2D eigenvalue weighted by Crippen LogP contribution is -2.18. The SMILES string of the molecule is COCc1ccc(CNC(C)c2ccccc2Cl)cc1. The first-order chi connectivity index (χ1) is 9.70. The molecule has 1 atom stereocenters. The number of nitrogens with one attached hydrogen (secondary N) is 1. The lowest BCUT2D eigenvalue weighted by Gasteiger charge is -2.15. The predicted octanol–water partition coefficient (Wildman–Crippen LogP) is 4.34. The summed E-state index contributed by atoms with van der Waals surface area (Å²) in [6.07, 6.45) is 0. The fourth-order valence-electron chi connectivity index (χ4n) is 2.13. The Labute approximate surface area is 125 Å². The van der Waals surface area contributed by atoms with Gasteiger partial charge in [0.15, 0.2) is 0 Å². The molecule has 106 valence electrons. The molecule has 0 heterocycles. The molecular formula is C17H20ClNO. The third kappa shape index (κ3) is 4.07. The highest BCUT2D eigenvalue weighted by molar-refractivity contribution is 6.31. The van der Waals surface area contributed by atoms with Gasteiger partial charge in [-0.05, 0) is 29.7 Å². The fourth-order valence-corrected chi connectivity index (χ4v) is 2.43. The molecule has 1 N–H and O–H groups in total. The summed E-state index contributed by atoms with van der Waals surface area (Å²) in [4.78, 5) is 0. The van der Waals surface area contributed by atoms with Gasteiger partial charge in [-0.1, -0.05) is 54.1 Å². The maximum absolute atomic E-state index is 6.20. The van der Waals surface area contributed by atoms with Crippen molar-refractivity contribution in [3.05, 3.63) is 70.2 Å². The van der Waals surface area contributed by atoms with Crippen LogP contribution in [-0.2, 0) is 17.9 Å². The van der Waals surface area contributed by atoms with Gasteiger partial charge in [0.2, 0.25) is 0 Å². The van der Waals surface area contributed by atoms with Crippen LogP contribution in [0.25, 0.3) is 0 Å². The number of hydrogen-bond donors (Lipinski definition) is 1. The van der Waals surface area contributed by atoms with E-state index in [9.17, 15) is 0 Å². The molecule has 0 aliphatic carbocycles. The Morgan fingerprint density at radius 3 is 2.35 bits per heavy atom. The van der Waals surface area contributed by atoms with Crippen molar-refractivity contribution in [2.45, 2.75) is 26.1 Å². The van der Waals surface area contributed by atoms with Crippen molar-refractivity contribution in [2.24, 2.45) is 0 Å². The molecule has 2 nitrogen and oxygen atoms in total. The highest BCUT2D eigenvalue weighted by atomic mass is 35.5. The number of halogens is 1. The topological polar surface area (TPSA) is 21.3 Å². The maximum Gasteiger partial charge on any atom is 0.0713 e. The Bertz CT molecular complexity index is 539. The van der Waals surface area contributed by atoms with E-state index in [2.05, 4.69) is 42.6 Å². The van der Waals surface area contributed by atoms with Gasteiger partial charge in [0, 0.05) is 24.7 Å². The van der Waals surface area contributed by atoms with E-state index in [-0.39, 0.29) is 6.04 Å². The molecule has 0 bridgehead atoms. The van der Waals surface area contributed by atoms with Crippen molar-refractivity contribution < 1.29 is 4.74 Å². The quantitative estimate of drug-likeness (QED) is 0.854. The van der Waals surface area contributed by atoms with Crippen molar-refractivity contribution in [2.75, 3.05) is 7.11 Å². The first-order valence-corrected chi connectivity index (χ1v) is 7.13. The molecule has 0 fully saturated rings. The van der Waals surface area contributed by atoms with E-state index in [0.717, 1.165) is 17.1 Å². The molecule has 0 aliphatic heterocycles. The molecule has 0 saturated carbocycles. The zero-order valence-electron chi connectivity index (χ0n) is 11.9. The zero-order valence-corrected chi connectivity index (χ0v) is 12.7. The van der Waals surface area contributed by atoms with Gasteiger partial charge < -0.3 is 10.1 Å². The van der Waals surface area contributed by atoms with Gasteiger partial charge in [-0.15, -0.1) is 0 Å². The molecule has 20 heavy (non-hydrogen) atoms. The van der Waals surface area contributed by atoms with Crippen LogP contribution in [-0.4, -0.2) is 7.11 Å². The van der Waals surface area contributed by atoms with Crippen LogP contribution in [0.2, 0.25) is 5.02 Å². The maximum atomic E-state index is 6.20. The number of ether oxygens (including phenoxy) is 1.